The zero-order chi connectivity index (χ0) is 15.1. The fraction of sp³-hybridized carbons (Fsp3) is 0.214. The van der Waals surface area contributed by atoms with Crippen LogP contribution in [-0.4, -0.2) is 24.2 Å². The lowest BCUT2D eigenvalue weighted by molar-refractivity contribution is 0.211. The first-order chi connectivity index (χ1) is 10.0. The third-order valence-electron chi connectivity index (χ3n) is 3.49. The Morgan fingerprint density at radius 2 is 1.81 bits per heavy atom. The van der Waals surface area contributed by atoms with Gasteiger partial charge in [0.15, 0.2) is 5.65 Å². The van der Waals surface area contributed by atoms with Crippen LogP contribution in [-0.2, 0) is 14.1 Å². The van der Waals surface area contributed by atoms with Crippen molar-refractivity contribution >= 4 is 11.2 Å². The zero-order valence-electron chi connectivity index (χ0n) is 11.6. The van der Waals surface area contributed by atoms with E-state index in [0.717, 1.165) is 4.57 Å². The predicted octanol–water partition coefficient (Wildman–Crippen LogP) is 0.0420. The van der Waals surface area contributed by atoms with Crippen molar-refractivity contribution in [3.63, 3.8) is 0 Å². The molecule has 0 fully saturated rings. The molecule has 21 heavy (non-hydrogen) atoms. The van der Waals surface area contributed by atoms with E-state index in [-0.39, 0.29) is 17.0 Å². The van der Waals surface area contributed by atoms with E-state index in [4.69, 9.17) is 0 Å². The molecule has 0 amide bonds. The van der Waals surface area contributed by atoms with Crippen LogP contribution < -0.4 is 11.2 Å². The Labute approximate surface area is 119 Å². The van der Waals surface area contributed by atoms with Crippen LogP contribution in [0.4, 0.5) is 0 Å². The zero-order valence-corrected chi connectivity index (χ0v) is 11.6. The van der Waals surface area contributed by atoms with Gasteiger partial charge in [-0.05, 0) is 5.56 Å². The van der Waals surface area contributed by atoms with E-state index in [1.54, 1.807) is 24.3 Å². The number of rotatable bonds is 2. The highest BCUT2D eigenvalue weighted by molar-refractivity contribution is 5.69. The summed E-state index contributed by atoms with van der Waals surface area (Å²) in [4.78, 5) is 30.9. The number of fused-ring (bicyclic) bond motifs is 1. The lowest BCUT2D eigenvalue weighted by Gasteiger charge is -2.06. The van der Waals surface area contributed by atoms with Crippen molar-refractivity contribution in [2.24, 2.45) is 14.1 Å². The summed E-state index contributed by atoms with van der Waals surface area (Å²) in [5, 5.41) is 10.3. The number of hydrogen-bond acceptors (Lipinski definition) is 4. The van der Waals surface area contributed by atoms with Crippen molar-refractivity contribution < 1.29 is 5.11 Å². The van der Waals surface area contributed by atoms with Gasteiger partial charge in [0.05, 0.1) is 0 Å². The van der Waals surface area contributed by atoms with Crippen molar-refractivity contribution in [1.82, 2.24) is 19.1 Å². The van der Waals surface area contributed by atoms with Gasteiger partial charge in [-0.3, -0.25) is 13.9 Å². The topological polar surface area (TPSA) is 92.9 Å². The van der Waals surface area contributed by atoms with E-state index < -0.39 is 17.4 Å². The number of benzene rings is 1. The van der Waals surface area contributed by atoms with Gasteiger partial charge in [-0.15, -0.1) is 0 Å². The minimum atomic E-state index is -0.988. The fourth-order valence-electron chi connectivity index (χ4n) is 2.27. The molecule has 0 saturated heterocycles. The SMILES string of the molecule is Cn1c(=O)c2[nH]c(C(O)c3ccccc3)nc2n(C)c1=O. The number of imidazole rings is 1. The van der Waals surface area contributed by atoms with E-state index in [0.29, 0.717) is 5.56 Å². The highest BCUT2D eigenvalue weighted by Crippen LogP contribution is 2.20. The summed E-state index contributed by atoms with van der Waals surface area (Å²) in [5.41, 5.74) is 0.155. The van der Waals surface area contributed by atoms with Gasteiger partial charge in [-0.1, -0.05) is 30.3 Å². The number of aryl methyl sites for hydroxylation is 1. The summed E-state index contributed by atoms with van der Waals surface area (Å²) in [6.07, 6.45) is -0.988. The maximum absolute atomic E-state index is 12.1. The number of nitrogens with one attached hydrogen (secondary N) is 1. The van der Waals surface area contributed by atoms with E-state index in [1.165, 1.54) is 18.7 Å². The molecule has 1 aromatic carbocycles. The summed E-state index contributed by atoms with van der Waals surface area (Å²) in [6, 6.07) is 8.96. The van der Waals surface area contributed by atoms with Gasteiger partial charge >= 0.3 is 5.69 Å². The summed E-state index contributed by atoms with van der Waals surface area (Å²) in [6.45, 7) is 0. The largest absolute Gasteiger partial charge is 0.380 e. The van der Waals surface area contributed by atoms with Crippen molar-refractivity contribution in [3.05, 3.63) is 62.6 Å². The van der Waals surface area contributed by atoms with Crippen molar-refractivity contribution in [3.8, 4) is 0 Å². The van der Waals surface area contributed by atoms with E-state index >= 15 is 0 Å². The molecule has 7 heteroatoms. The molecule has 7 nitrogen and oxygen atoms in total. The number of aliphatic hydroxyl groups is 1. The Balaban J connectivity index is 2.23. The van der Waals surface area contributed by atoms with Crippen LogP contribution in [0.3, 0.4) is 0 Å². The third kappa shape index (κ3) is 1.98. The molecule has 3 aromatic rings. The average molecular weight is 286 g/mol. The monoisotopic (exact) mass is 286 g/mol. The van der Waals surface area contributed by atoms with Gasteiger partial charge in [0.1, 0.15) is 17.4 Å². The van der Waals surface area contributed by atoms with Gasteiger partial charge < -0.3 is 10.1 Å². The Morgan fingerprint density at radius 3 is 2.48 bits per heavy atom. The van der Waals surface area contributed by atoms with Crippen molar-refractivity contribution in [1.29, 1.82) is 0 Å². The van der Waals surface area contributed by atoms with Crippen LogP contribution in [0.2, 0.25) is 0 Å². The second-order valence-corrected chi connectivity index (χ2v) is 4.84. The highest BCUT2D eigenvalue weighted by atomic mass is 16.3. The maximum atomic E-state index is 12.1. The molecule has 0 saturated carbocycles. The first-order valence-electron chi connectivity index (χ1n) is 6.39. The van der Waals surface area contributed by atoms with Crippen molar-refractivity contribution in [2.75, 3.05) is 0 Å². The molecule has 2 aromatic heterocycles. The molecular formula is C14H14N4O3. The van der Waals surface area contributed by atoms with E-state index in [2.05, 4.69) is 9.97 Å². The lowest BCUT2D eigenvalue weighted by Crippen LogP contribution is -2.36. The van der Waals surface area contributed by atoms with Crippen LogP contribution in [0.5, 0.6) is 0 Å². The molecular weight excluding hydrogens is 272 g/mol. The predicted molar refractivity (Wildman–Crippen MR) is 77.1 cm³/mol. The quantitative estimate of drug-likeness (QED) is 0.695. The Hall–Kier alpha value is -2.67. The summed E-state index contributed by atoms with van der Waals surface area (Å²) < 4.78 is 2.27. The molecule has 0 aliphatic heterocycles. The second kappa shape index (κ2) is 4.71. The Bertz CT molecular complexity index is 921. The highest BCUT2D eigenvalue weighted by Gasteiger charge is 2.18. The number of hydrogen-bond donors (Lipinski definition) is 2. The minimum Gasteiger partial charge on any atom is -0.380 e. The molecule has 0 aliphatic rings. The number of aromatic amines is 1. The molecule has 108 valence electrons. The van der Waals surface area contributed by atoms with Crippen molar-refractivity contribution in [2.45, 2.75) is 6.10 Å². The van der Waals surface area contributed by atoms with E-state index in [1.807, 2.05) is 6.07 Å². The van der Waals surface area contributed by atoms with Crippen LogP contribution in [0.15, 0.2) is 39.9 Å². The van der Waals surface area contributed by atoms with Crippen LogP contribution in [0.1, 0.15) is 17.5 Å². The molecule has 0 bridgehead atoms. The molecule has 0 radical (unpaired) electrons. The van der Waals surface area contributed by atoms with Gasteiger partial charge in [0.25, 0.3) is 5.56 Å². The molecule has 0 aliphatic carbocycles. The van der Waals surface area contributed by atoms with Gasteiger partial charge in [0.2, 0.25) is 0 Å². The van der Waals surface area contributed by atoms with Crippen LogP contribution in [0.25, 0.3) is 11.2 Å². The second-order valence-electron chi connectivity index (χ2n) is 4.84. The minimum absolute atomic E-state index is 0.199. The maximum Gasteiger partial charge on any atom is 0.332 e. The molecule has 1 unspecified atom stereocenters. The summed E-state index contributed by atoms with van der Waals surface area (Å²) in [5.74, 6) is 0.231. The standard InChI is InChI=1S/C14H14N4O3/c1-17-12-9(13(20)18(2)14(17)21)15-11(16-12)10(19)8-6-4-3-5-7-8/h3-7,10,19H,1-2H3,(H,15,16). The molecule has 2 heterocycles. The van der Waals surface area contributed by atoms with Gasteiger partial charge in [-0.2, -0.15) is 0 Å². The smallest absolute Gasteiger partial charge is 0.332 e. The molecule has 0 spiro atoms. The number of H-pyrrole nitrogens is 1. The number of nitrogens with zero attached hydrogens (tertiary/aromatic N) is 3. The lowest BCUT2D eigenvalue weighted by atomic mass is 10.1. The molecule has 1 atom stereocenters. The number of aliphatic hydroxyl groups excluding tert-OH is 1. The fourth-order valence-corrected chi connectivity index (χ4v) is 2.27. The normalized spacial score (nSPS) is 12.7. The molecule has 3 rings (SSSR count). The molecule has 2 N–H and O–H groups in total. The Morgan fingerprint density at radius 1 is 1.14 bits per heavy atom. The average Bonchev–Trinajstić information content (AvgIpc) is 2.96. The first kappa shape index (κ1) is 13.3. The van der Waals surface area contributed by atoms with E-state index in [9.17, 15) is 14.7 Å². The first-order valence-corrected chi connectivity index (χ1v) is 6.39. The third-order valence-corrected chi connectivity index (χ3v) is 3.49. The van der Waals surface area contributed by atoms with Gasteiger partial charge in [-0.25, -0.2) is 9.78 Å². The van der Waals surface area contributed by atoms with Crippen LogP contribution in [0, 0.1) is 0 Å². The summed E-state index contributed by atoms with van der Waals surface area (Å²) in [7, 11) is 2.93. The van der Waals surface area contributed by atoms with Gasteiger partial charge in [0, 0.05) is 14.1 Å². The number of aromatic nitrogens is 4. The summed E-state index contributed by atoms with van der Waals surface area (Å²) >= 11 is 0. The van der Waals surface area contributed by atoms with Crippen LogP contribution >= 0.6 is 0 Å². The Kier molecular flexibility index (Phi) is 2.99.